The number of nitrogens with one attached hydrogen (secondary N) is 1. The van der Waals surface area contributed by atoms with Gasteiger partial charge in [0.2, 0.25) is 5.91 Å². The molecule has 1 saturated heterocycles. The molecule has 0 spiro atoms. The number of anilines is 1. The normalized spacial score (nSPS) is 22.3. The molecule has 1 aromatic rings. The lowest BCUT2D eigenvalue weighted by atomic mass is 9.98. The van der Waals surface area contributed by atoms with Crippen molar-refractivity contribution in [2.24, 2.45) is 5.92 Å². The van der Waals surface area contributed by atoms with Crippen molar-refractivity contribution < 1.29 is 4.79 Å². The van der Waals surface area contributed by atoms with Crippen molar-refractivity contribution in [2.45, 2.75) is 44.6 Å². The van der Waals surface area contributed by atoms with E-state index in [1.165, 1.54) is 36.1 Å². The molecular weight excluding hydrogens is 298 g/mol. The quantitative estimate of drug-likeness (QED) is 0.903. The van der Waals surface area contributed by atoms with Crippen LogP contribution in [-0.2, 0) is 11.2 Å². The molecule has 4 rings (SSSR count). The molecule has 130 valence electrons. The van der Waals surface area contributed by atoms with Crippen molar-refractivity contribution in [3.63, 3.8) is 0 Å². The first-order chi connectivity index (χ1) is 11.7. The molecule has 3 aliphatic rings. The number of benzene rings is 1. The van der Waals surface area contributed by atoms with E-state index in [9.17, 15) is 4.79 Å². The first kappa shape index (κ1) is 15.9. The number of carbonyl (C=O) groups is 1. The minimum absolute atomic E-state index is 0.262. The average Bonchev–Trinajstić information content (AvgIpc) is 3.40. The third kappa shape index (κ3) is 3.30. The van der Waals surface area contributed by atoms with Crippen LogP contribution in [0.5, 0.6) is 0 Å². The van der Waals surface area contributed by atoms with Gasteiger partial charge in [-0.2, -0.15) is 0 Å². The van der Waals surface area contributed by atoms with Crippen molar-refractivity contribution in [1.82, 2.24) is 10.2 Å². The monoisotopic (exact) mass is 327 g/mol. The lowest BCUT2D eigenvalue weighted by Gasteiger charge is -2.35. The predicted molar refractivity (Wildman–Crippen MR) is 97.3 cm³/mol. The van der Waals surface area contributed by atoms with Gasteiger partial charge in [0.05, 0.1) is 6.04 Å². The smallest absolute Gasteiger partial charge is 0.223 e. The molecule has 0 aromatic heterocycles. The Bertz CT molecular complexity index is 605. The molecule has 1 aromatic carbocycles. The molecule has 2 heterocycles. The maximum Gasteiger partial charge on any atom is 0.223 e. The second kappa shape index (κ2) is 6.75. The topological polar surface area (TPSA) is 35.6 Å². The van der Waals surface area contributed by atoms with E-state index in [-0.39, 0.29) is 5.91 Å². The molecule has 4 nitrogen and oxygen atoms in total. The zero-order valence-electron chi connectivity index (χ0n) is 14.8. The van der Waals surface area contributed by atoms with Crippen molar-refractivity contribution in [3.05, 3.63) is 29.3 Å². The number of piperidine rings is 1. The Balaban J connectivity index is 1.53. The van der Waals surface area contributed by atoms with Crippen LogP contribution in [0.1, 0.15) is 49.3 Å². The summed E-state index contributed by atoms with van der Waals surface area (Å²) >= 11 is 0. The van der Waals surface area contributed by atoms with Crippen LogP contribution in [0.2, 0.25) is 0 Å². The summed E-state index contributed by atoms with van der Waals surface area (Å²) in [5.41, 5.74) is 4.21. The highest BCUT2D eigenvalue weighted by atomic mass is 16.2. The second-order valence-corrected chi connectivity index (χ2v) is 7.69. The summed E-state index contributed by atoms with van der Waals surface area (Å²) in [6.07, 6.45) is 7.19. The fraction of sp³-hybridized carbons (Fsp3) is 0.650. The Morgan fingerprint density at radius 1 is 1.21 bits per heavy atom. The Hall–Kier alpha value is -1.55. The predicted octanol–water partition coefficient (Wildman–Crippen LogP) is 2.73. The molecule has 0 radical (unpaired) electrons. The zero-order valence-corrected chi connectivity index (χ0v) is 14.8. The largest absolute Gasteiger partial charge is 0.374 e. The van der Waals surface area contributed by atoms with Gasteiger partial charge < -0.3 is 10.2 Å². The Labute approximate surface area is 145 Å². The van der Waals surface area contributed by atoms with Gasteiger partial charge in [-0.3, -0.25) is 9.69 Å². The van der Waals surface area contributed by atoms with Gasteiger partial charge in [0, 0.05) is 31.7 Å². The molecule has 1 atom stereocenters. The molecular formula is C20H29N3O. The van der Waals surface area contributed by atoms with Gasteiger partial charge in [-0.25, -0.2) is 0 Å². The number of rotatable bonds is 5. The van der Waals surface area contributed by atoms with Gasteiger partial charge in [-0.1, -0.05) is 18.6 Å². The number of likely N-dealkylation sites (N-methyl/N-ethyl adjacent to an activating group) is 1. The molecule has 2 aliphatic heterocycles. The number of carbonyl (C=O) groups excluding carboxylic acids is 1. The van der Waals surface area contributed by atoms with Crippen molar-refractivity contribution >= 4 is 11.6 Å². The highest BCUT2D eigenvalue weighted by Gasteiger charge is 2.31. The van der Waals surface area contributed by atoms with Gasteiger partial charge in [-0.15, -0.1) is 0 Å². The maximum absolute atomic E-state index is 12.1. The van der Waals surface area contributed by atoms with Gasteiger partial charge in [0.15, 0.2) is 0 Å². The molecule has 1 aliphatic carbocycles. The van der Waals surface area contributed by atoms with E-state index in [1.807, 2.05) is 0 Å². The van der Waals surface area contributed by atoms with Crippen LogP contribution in [0.4, 0.5) is 5.69 Å². The lowest BCUT2D eigenvalue weighted by molar-refractivity contribution is -0.122. The fourth-order valence-corrected chi connectivity index (χ4v) is 4.17. The van der Waals surface area contributed by atoms with E-state index in [4.69, 9.17) is 0 Å². The van der Waals surface area contributed by atoms with E-state index in [0.717, 1.165) is 45.4 Å². The number of nitrogens with zero attached hydrogens (tertiary/aromatic N) is 2. The molecule has 2 fully saturated rings. The molecule has 0 unspecified atom stereocenters. The molecule has 0 bridgehead atoms. The summed E-state index contributed by atoms with van der Waals surface area (Å²) in [4.78, 5) is 17.0. The highest BCUT2D eigenvalue weighted by Crippen LogP contribution is 2.33. The van der Waals surface area contributed by atoms with Gasteiger partial charge in [-0.05, 0) is 62.4 Å². The third-order valence-corrected chi connectivity index (χ3v) is 5.87. The number of hydrogen-bond donors (Lipinski definition) is 1. The van der Waals surface area contributed by atoms with Crippen LogP contribution in [0.25, 0.3) is 0 Å². The first-order valence-electron chi connectivity index (χ1n) is 9.58. The molecule has 1 amide bonds. The first-order valence-corrected chi connectivity index (χ1v) is 9.58. The summed E-state index contributed by atoms with van der Waals surface area (Å²) < 4.78 is 0. The summed E-state index contributed by atoms with van der Waals surface area (Å²) in [6.45, 7) is 4.18. The second-order valence-electron chi connectivity index (χ2n) is 7.69. The van der Waals surface area contributed by atoms with Gasteiger partial charge in [0.1, 0.15) is 0 Å². The van der Waals surface area contributed by atoms with Crippen LogP contribution >= 0.6 is 0 Å². The van der Waals surface area contributed by atoms with Crippen LogP contribution in [0.3, 0.4) is 0 Å². The summed E-state index contributed by atoms with van der Waals surface area (Å²) in [5.74, 6) is 0.554. The molecule has 1 saturated carbocycles. The van der Waals surface area contributed by atoms with Crippen LogP contribution in [0, 0.1) is 5.92 Å². The van der Waals surface area contributed by atoms with E-state index < -0.39 is 0 Å². The third-order valence-electron chi connectivity index (χ3n) is 5.87. The van der Waals surface area contributed by atoms with Crippen LogP contribution < -0.4 is 10.2 Å². The molecule has 24 heavy (non-hydrogen) atoms. The van der Waals surface area contributed by atoms with E-state index >= 15 is 0 Å². The van der Waals surface area contributed by atoms with Gasteiger partial charge in [0.25, 0.3) is 0 Å². The SMILES string of the molecule is CN1CCc2cc([C@H](CNC(=O)C3CC3)N3CCCCC3)ccc21. The summed E-state index contributed by atoms with van der Waals surface area (Å²) in [5, 5.41) is 3.23. The minimum Gasteiger partial charge on any atom is -0.374 e. The van der Waals surface area contributed by atoms with Crippen molar-refractivity contribution in [3.8, 4) is 0 Å². The zero-order chi connectivity index (χ0) is 16.5. The number of likely N-dealkylation sites (tertiary alicyclic amines) is 1. The average molecular weight is 327 g/mol. The highest BCUT2D eigenvalue weighted by molar-refractivity contribution is 5.80. The molecule has 4 heteroatoms. The Morgan fingerprint density at radius 3 is 2.75 bits per heavy atom. The van der Waals surface area contributed by atoms with Gasteiger partial charge >= 0.3 is 0 Å². The fourth-order valence-electron chi connectivity index (χ4n) is 4.17. The maximum atomic E-state index is 12.1. The van der Waals surface area contributed by atoms with E-state index in [2.05, 4.69) is 40.4 Å². The van der Waals surface area contributed by atoms with E-state index in [0.29, 0.717) is 12.0 Å². The van der Waals surface area contributed by atoms with Crippen LogP contribution in [0.15, 0.2) is 18.2 Å². The van der Waals surface area contributed by atoms with Crippen molar-refractivity contribution in [2.75, 3.05) is 38.1 Å². The minimum atomic E-state index is 0.262. The summed E-state index contributed by atoms with van der Waals surface area (Å²) in [7, 11) is 2.17. The molecule has 1 N–H and O–H groups in total. The number of fused-ring (bicyclic) bond motifs is 1. The Kier molecular flexibility index (Phi) is 4.49. The Morgan fingerprint density at radius 2 is 2.00 bits per heavy atom. The van der Waals surface area contributed by atoms with Crippen LogP contribution in [-0.4, -0.2) is 44.0 Å². The number of hydrogen-bond acceptors (Lipinski definition) is 3. The number of amides is 1. The summed E-state index contributed by atoms with van der Waals surface area (Å²) in [6, 6.07) is 7.27. The van der Waals surface area contributed by atoms with E-state index in [1.54, 1.807) is 0 Å². The lowest BCUT2D eigenvalue weighted by Crippen LogP contribution is -2.41. The van der Waals surface area contributed by atoms with Crippen molar-refractivity contribution in [1.29, 1.82) is 0 Å². The standard InChI is InChI=1S/C20H29N3O/c1-22-12-9-17-13-16(7-8-18(17)22)19(23-10-3-2-4-11-23)14-21-20(24)15-5-6-15/h7-8,13,15,19H,2-6,9-12,14H2,1H3,(H,21,24)/t19-/m0/s1.